The van der Waals surface area contributed by atoms with Crippen molar-refractivity contribution in [1.82, 2.24) is 14.8 Å². The van der Waals surface area contributed by atoms with Gasteiger partial charge in [-0.15, -0.1) is 0 Å². The topological polar surface area (TPSA) is 55.2 Å². The standard InChI is InChI=1S/C26H29N5O/c1-17-15-31(16-18(2)32-17)23-7-5-6-22(14-23)28-26-13-21(10-11-27-26)20-8-9-25-24(12-20)19(3)30(4)29-25/h5-14,17-18H,15-16H2,1-4H3,(H,27,28)/t17-,18+. The lowest BCUT2D eigenvalue weighted by Gasteiger charge is -2.37. The minimum absolute atomic E-state index is 0.231. The Balaban J connectivity index is 1.39. The molecule has 3 heterocycles. The third kappa shape index (κ3) is 4.06. The number of nitrogens with one attached hydrogen (secondary N) is 1. The average Bonchev–Trinajstić information content (AvgIpc) is 3.06. The Morgan fingerprint density at radius 2 is 1.75 bits per heavy atom. The molecule has 1 N–H and O–H groups in total. The van der Waals surface area contributed by atoms with Gasteiger partial charge in [0, 0.05) is 48.8 Å². The fourth-order valence-electron chi connectivity index (χ4n) is 4.50. The summed E-state index contributed by atoms with van der Waals surface area (Å²) in [5, 5.41) is 9.22. The van der Waals surface area contributed by atoms with Crippen LogP contribution in [0.4, 0.5) is 17.2 Å². The van der Waals surface area contributed by atoms with Crippen LogP contribution < -0.4 is 10.2 Å². The van der Waals surface area contributed by atoms with E-state index >= 15 is 0 Å². The highest BCUT2D eigenvalue weighted by molar-refractivity contribution is 5.87. The molecule has 6 nitrogen and oxygen atoms in total. The fourth-order valence-corrected chi connectivity index (χ4v) is 4.50. The Labute approximate surface area is 188 Å². The van der Waals surface area contributed by atoms with Gasteiger partial charge in [0.2, 0.25) is 0 Å². The Morgan fingerprint density at radius 1 is 0.969 bits per heavy atom. The SMILES string of the molecule is Cc1c2cc(-c3ccnc(Nc4cccc(N5C[C@@H](C)O[C@@H](C)C5)c4)c3)ccc2nn1C. The van der Waals surface area contributed by atoms with E-state index in [1.165, 1.54) is 11.1 Å². The van der Waals surface area contributed by atoms with Crippen molar-refractivity contribution in [1.29, 1.82) is 0 Å². The van der Waals surface area contributed by atoms with E-state index in [4.69, 9.17) is 4.74 Å². The van der Waals surface area contributed by atoms with Gasteiger partial charge < -0.3 is 15.0 Å². The number of hydrogen-bond donors (Lipinski definition) is 1. The van der Waals surface area contributed by atoms with Crippen molar-refractivity contribution in [3.8, 4) is 11.1 Å². The first-order chi connectivity index (χ1) is 15.5. The van der Waals surface area contributed by atoms with Gasteiger partial charge in [0.1, 0.15) is 5.82 Å². The molecule has 4 aromatic rings. The van der Waals surface area contributed by atoms with Crippen molar-refractivity contribution >= 4 is 28.1 Å². The second-order valence-corrected chi connectivity index (χ2v) is 8.71. The van der Waals surface area contributed by atoms with E-state index in [1.807, 2.05) is 24.0 Å². The number of morpholine rings is 1. The van der Waals surface area contributed by atoms with Crippen molar-refractivity contribution in [2.24, 2.45) is 7.05 Å². The molecule has 32 heavy (non-hydrogen) atoms. The quantitative estimate of drug-likeness (QED) is 0.479. The Morgan fingerprint density at radius 3 is 2.56 bits per heavy atom. The molecule has 0 spiro atoms. The number of rotatable bonds is 4. The lowest BCUT2D eigenvalue weighted by molar-refractivity contribution is -0.00521. The molecule has 0 bridgehead atoms. The molecule has 2 aromatic heterocycles. The predicted molar refractivity (Wildman–Crippen MR) is 131 cm³/mol. The summed E-state index contributed by atoms with van der Waals surface area (Å²) in [6.07, 6.45) is 2.32. The second kappa shape index (κ2) is 8.28. The number of aryl methyl sites for hydroxylation is 2. The van der Waals surface area contributed by atoms with Crippen LogP contribution in [0.2, 0.25) is 0 Å². The summed E-state index contributed by atoms with van der Waals surface area (Å²) in [4.78, 5) is 6.94. The highest BCUT2D eigenvalue weighted by Crippen LogP contribution is 2.29. The Kier molecular flexibility index (Phi) is 5.31. The van der Waals surface area contributed by atoms with Crippen molar-refractivity contribution in [3.05, 3.63) is 66.5 Å². The van der Waals surface area contributed by atoms with Crippen LogP contribution in [0.5, 0.6) is 0 Å². The first-order valence-corrected chi connectivity index (χ1v) is 11.1. The molecule has 2 atom stereocenters. The number of hydrogen-bond acceptors (Lipinski definition) is 5. The zero-order chi connectivity index (χ0) is 22.2. The molecular weight excluding hydrogens is 398 g/mol. The molecule has 0 aliphatic carbocycles. The zero-order valence-electron chi connectivity index (χ0n) is 19.0. The number of benzene rings is 2. The highest BCUT2D eigenvalue weighted by atomic mass is 16.5. The molecule has 164 valence electrons. The first-order valence-electron chi connectivity index (χ1n) is 11.1. The van der Waals surface area contributed by atoms with Gasteiger partial charge in [-0.05, 0) is 74.4 Å². The van der Waals surface area contributed by atoms with E-state index in [0.29, 0.717) is 0 Å². The maximum atomic E-state index is 5.88. The van der Waals surface area contributed by atoms with E-state index in [-0.39, 0.29) is 12.2 Å². The second-order valence-electron chi connectivity index (χ2n) is 8.71. The summed E-state index contributed by atoms with van der Waals surface area (Å²) in [7, 11) is 1.98. The minimum Gasteiger partial charge on any atom is -0.372 e. The van der Waals surface area contributed by atoms with Crippen LogP contribution in [0.15, 0.2) is 60.8 Å². The van der Waals surface area contributed by atoms with Crippen molar-refractivity contribution in [2.45, 2.75) is 33.0 Å². The van der Waals surface area contributed by atoms with Gasteiger partial charge in [-0.2, -0.15) is 5.10 Å². The molecule has 1 saturated heterocycles. The van der Waals surface area contributed by atoms with Crippen molar-refractivity contribution in [3.63, 3.8) is 0 Å². The minimum atomic E-state index is 0.231. The molecule has 5 rings (SSSR count). The molecule has 6 heteroatoms. The number of nitrogens with zero attached hydrogens (tertiary/aromatic N) is 4. The monoisotopic (exact) mass is 427 g/mol. The first kappa shape index (κ1) is 20.5. The third-order valence-corrected chi connectivity index (χ3v) is 6.13. The van der Waals surface area contributed by atoms with Crippen LogP contribution in [0, 0.1) is 6.92 Å². The van der Waals surface area contributed by atoms with E-state index in [2.05, 4.69) is 89.6 Å². The van der Waals surface area contributed by atoms with Crippen LogP contribution in [0.1, 0.15) is 19.5 Å². The van der Waals surface area contributed by atoms with E-state index in [9.17, 15) is 0 Å². The summed E-state index contributed by atoms with van der Waals surface area (Å²) in [6, 6.07) is 19.1. The molecule has 0 unspecified atom stereocenters. The van der Waals surface area contributed by atoms with E-state index in [0.717, 1.165) is 46.9 Å². The molecular formula is C26H29N5O. The van der Waals surface area contributed by atoms with Crippen LogP contribution in [0.25, 0.3) is 22.0 Å². The van der Waals surface area contributed by atoms with Gasteiger partial charge in [0.05, 0.1) is 17.7 Å². The maximum absolute atomic E-state index is 5.88. The largest absolute Gasteiger partial charge is 0.372 e. The number of pyridine rings is 1. The lowest BCUT2D eigenvalue weighted by Crippen LogP contribution is -2.45. The number of fused-ring (bicyclic) bond motifs is 1. The van der Waals surface area contributed by atoms with Crippen molar-refractivity contribution < 1.29 is 4.74 Å². The normalized spacial score (nSPS) is 18.8. The summed E-state index contributed by atoms with van der Waals surface area (Å²) in [5.74, 6) is 0.825. The smallest absolute Gasteiger partial charge is 0.130 e. The van der Waals surface area contributed by atoms with Gasteiger partial charge in [0.25, 0.3) is 0 Å². The molecule has 1 fully saturated rings. The fraction of sp³-hybridized carbons (Fsp3) is 0.308. The molecule has 0 radical (unpaired) electrons. The molecule has 0 amide bonds. The van der Waals surface area contributed by atoms with Gasteiger partial charge in [-0.25, -0.2) is 4.98 Å². The number of ether oxygens (including phenoxy) is 1. The molecule has 1 aliphatic heterocycles. The van der Waals surface area contributed by atoms with Crippen LogP contribution in [-0.4, -0.2) is 40.1 Å². The molecule has 2 aromatic carbocycles. The summed E-state index contributed by atoms with van der Waals surface area (Å²) < 4.78 is 7.81. The maximum Gasteiger partial charge on any atom is 0.130 e. The van der Waals surface area contributed by atoms with Gasteiger partial charge in [-0.1, -0.05) is 12.1 Å². The number of aromatic nitrogens is 3. The Bertz CT molecular complexity index is 1250. The van der Waals surface area contributed by atoms with Crippen LogP contribution in [0.3, 0.4) is 0 Å². The third-order valence-electron chi connectivity index (χ3n) is 6.13. The number of anilines is 3. The zero-order valence-corrected chi connectivity index (χ0v) is 19.0. The Hall–Kier alpha value is -3.38. The predicted octanol–water partition coefficient (Wildman–Crippen LogP) is 5.30. The summed E-state index contributed by atoms with van der Waals surface area (Å²) >= 11 is 0. The van der Waals surface area contributed by atoms with Gasteiger partial charge in [0.15, 0.2) is 0 Å². The molecule has 0 saturated carbocycles. The lowest BCUT2D eigenvalue weighted by atomic mass is 10.0. The van der Waals surface area contributed by atoms with E-state index in [1.54, 1.807) is 0 Å². The summed E-state index contributed by atoms with van der Waals surface area (Å²) in [5.41, 5.74) is 6.69. The average molecular weight is 428 g/mol. The van der Waals surface area contributed by atoms with Crippen LogP contribution in [-0.2, 0) is 11.8 Å². The summed E-state index contributed by atoms with van der Waals surface area (Å²) in [6.45, 7) is 8.16. The van der Waals surface area contributed by atoms with Crippen LogP contribution >= 0.6 is 0 Å². The van der Waals surface area contributed by atoms with E-state index < -0.39 is 0 Å². The van der Waals surface area contributed by atoms with Gasteiger partial charge >= 0.3 is 0 Å². The molecule has 1 aliphatic rings. The highest BCUT2D eigenvalue weighted by Gasteiger charge is 2.22. The van der Waals surface area contributed by atoms with Gasteiger partial charge in [-0.3, -0.25) is 4.68 Å². The van der Waals surface area contributed by atoms with Crippen molar-refractivity contribution in [2.75, 3.05) is 23.3 Å².